The van der Waals surface area contributed by atoms with E-state index in [1.54, 1.807) is 48.2 Å². The van der Waals surface area contributed by atoms with E-state index in [1.165, 1.54) is 7.11 Å². The minimum Gasteiger partial charge on any atom is -0.455 e. The second kappa shape index (κ2) is 8.40. The number of nitrogens with one attached hydrogen (secondary N) is 2. The number of ether oxygens (including phenoxy) is 1. The third kappa shape index (κ3) is 5.15. The summed E-state index contributed by atoms with van der Waals surface area (Å²) in [4.78, 5) is 23.5. The van der Waals surface area contributed by atoms with Crippen molar-refractivity contribution in [1.29, 1.82) is 0 Å². The molecule has 1 heterocycles. The molecule has 0 spiro atoms. The van der Waals surface area contributed by atoms with Crippen molar-refractivity contribution < 1.29 is 18.7 Å². The van der Waals surface area contributed by atoms with Crippen molar-refractivity contribution in [3.63, 3.8) is 0 Å². The van der Waals surface area contributed by atoms with Gasteiger partial charge in [-0.3, -0.25) is 9.59 Å². The number of amides is 2. The fourth-order valence-electron chi connectivity index (χ4n) is 1.88. The normalized spacial score (nSPS) is 10.3. The molecule has 2 amide bonds. The van der Waals surface area contributed by atoms with Crippen molar-refractivity contribution in [3.8, 4) is 0 Å². The Labute approximate surface area is 138 Å². The first-order chi connectivity index (χ1) is 11.1. The zero-order valence-electron chi connectivity index (χ0n) is 12.9. The third-order valence-electron chi connectivity index (χ3n) is 2.87. The molecule has 0 radical (unpaired) electrons. The van der Waals surface area contributed by atoms with Crippen LogP contribution in [0, 0.1) is 0 Å². The van der Waals surface area contributed by atoms with E-state index in [2.05, 4.69) is 10.6 Å². The molecule has 6 nitrogen and oxygen atoms in total. The molecule has 0 aliphatic rings. The minimum atomic E-state index is -0.312. The highest BCUT2D eigenvalue weighted by molar-refractivity contribution is 7.97. The van der Waals surface area contributed by atoms with Gasteiger partial charge in [-0.2, -0.15) is 11.8 Å². The number of anilines is 2. The van der Waals surface area contributed by atoms with Gasteiger partial charge < -0.3 is 19.8 Å². The van der Waals surface area contributed by atoms with Crippen LogP contribution in [-0.2, 0) is 15.3 Å². The first-order valence-corrected chi connectivity index (χ1v) is 8.29. The lowest BCUT2D eigenvalue weighted by Gasteiger charge is -2.07. The number of benzene rings is 1. The number of hydrogen-bond donors (Lipinski definition) is 2. The highest BCUT2D eigenvalue weighted by Gasteiger charge is 2.11. The quantitative estimate of drug-likeness (QED) is 0.813. The number of carbonyl (C=O) groups excluding carboxylic acids is 2. The Hall–Kier alpha value is -2.25. The molecule has 7 heteroatoms. The minimum absolute atomic E-state index is 0.00460. The summed E-state index contributed by atoms with van der Waals surface area (Å²) >= 11 is 1.62. The van der Waals surface area contributed by atoms with Crippen LogP contribution in [0.2, 0.25) is 0 Å². The monoisotopic (exact) mass is 334 g/mol. The van der Waals surface area contributed by atoms with Crippen LogP contribution in [0.3, 0.4) is 0 Å². The predicted octanol–water partition coefficient (Wildman–Crippen LogP) is 2.98. The molecular weight excluding hydrogens is 316 g/mol. The number of carbonyl (C=O) groups is 2. The van der Waals surface area contributed by atoms with Gasteiger partial charge in [0.05, 0.1) is 5.75 Å². The number of furan rings is 1. The van der Waals surface area contributed by atoms with Crippen LogP contribution in [-0.4, -0.2) is 31.8 Å². The summed E-state index contributed by atoms with van der Waals surface area (Å²) < 4.78 is 10.2. The molecule has 1 aromatic carbocycles. The molecular formula is C16H18N2O4S. The fraction of sp³-hybridized carbons (Fsp3) is 0.250. The van der Waals surface area contributed by atoms with Gasteiger partial charge in [0, 0.05) is 18.5 Å². The van der Waals surface area contributed by atoms with Crippen molar-refractivity contribution in [2.24, 2.45) is 0 Å². The van der Waals surface area contributed by atoms with Crippen molar-refractivity contribution in [1.82, 2.24) is 0 Å². The van der Waals surface area contributed by atoms with Crippen LogP contribution in [0.15, 0.2) is 40.8 Å². The fourth-order valence-corrected chi connectivity index (χ4v) is 2.32. The summed E-state index contributed by atoms with van der Waals surface area (Å²) in [6.07, 6.45) is 1.97. The molecule has 0 aliphatic carbocycles. The zero-order chi connectivity index (χ0) is 16.7. The second-order valence-electron chi connectivity index (χ2n) is 4.71. The summed E-state index contributed by atoms with van der Waals surface area (Å²) in [5.74, 6) is 1.21. The highest BCUT2D eigenvalue weighted by Crippen LogP contribution is 2.17. The molecule has 2 rings (SSSR count). The molecule has 0 unspecified atom stereocenters. The van der Waals surface area contributed by atoms with Crippen molar-refractivity contribution in [2.75, 3.05) is 30.6 Å². The Balaban J connectivity index is 1.94. The lowest BCUT2D eigenvalue weighted by atomic mass is 10.2. The van der Waals surface area contributed by atoms with Crippen LogP contribution in [0.1, 0.15) is 16.3 Å². The third-order valence-corrected chi connectivity index (χ3v) is 3.45. The van der Waals surface area contributed by atoms with Gasteiger partial charge in [-0.25, -0.2) is 0 Å². The van der Waals surface area contributed by atoms with E-state index in [0.717, 1.165) is 11.5 Å². The average molecular weight is 334 g/mol. The van der Waals surface area contributed by atoms with Gasteiger partial charge in [0.2, 0.25) is 5.91 Å². The Kier molecular flexibility index (Phi) is 6.25. The Morgan fingerprint density at radius 1 is 1.09 bits per heavy atom. The average Bonchev–Trinajstić information content (AvgIpc) is 2.99. The standard InChI is InChI=1S/C16H18N2O4S/c1-21-9-15(19)17-11-3-5-12(6-4-11)18-16(20)14-8-7-13(22-14)10-23-2/h3-8H,9-10H2,1-2H3,(H,17,19)(H,18,20). The highest BCUT2D eigenvalue weighted by atomic mass is 32.2. The summed E-state index contributed by atoms with van der Waals surface area (Å²) in [5, 5.41) is 5.42. The zero-order valence-corrected chi connectivity index (χ0v) is 13.7. The number of rotatable bonds is 7. The lowest BCUT2D eigenvalue weighted by molar-refractivity contribution is -0.119. The molecule has 0 saturated carbocycles. The van der Waals surface area contributed by atoms with Crippen LogP contribution < -0.4 is 10.6 Å². The van der Waals surface area contributed by atoms with E-state index in [-0.39, 0.29) is 24.2 Å². The van der Waals surface area contributed by atoms with Crippen molar-refractivity contribution >= 4 is 35.0 Å². The van der Waals surface area contributed by atoms with E-state index in [1.807, 2.05) is 6.26 Å². The summed E-state index contributed by atoms with van der Waals surface area (Å²) in [6, 6.07) is 10.2. The van der Waals surface area contributed by atoms with Gasteiger partial charge in [0.15, 0.2) is 5.76 Å². The number of methoxy groups -OCH3 is 1. The van der Waals surface area contributed by atoms with E-state index in [0.29, 0.717) is 11.4 Å². The topological polar surface area (TPSA) is 80.6 Å². The molecule has 0 saturated heterocycles. The molecule has 0 fully saturated rings. The first kappa shape index (κ1) is 17.1. The Morgan fingerprint density at radius 2 is 1.74 bits per heavy atom. The summed E-state index contributed by atoms with van der Waals surface area (Å²) in [5.41, 5.74) is 1.24. The van der Waals surface area contributed by atoms with Crippen LogP contribution in [0.25, 0.3) is 0 Å². The maximum atomic E-state index is 12.1. The van der Waals surface area contributed by atoms with Gasteiger partial charge in [-0.05, 0) is 42.7 Å². The van der Waals surface area contributed by atoms with Gasteiger partial charge >= 0.3 is 0 Å². The molecule has 23 heavy (non-hydrogen) atoms. The predicted molar refractivity (Wildman–Crippen MR) is 90.8 cm³/mol. The molecule has 0 atom stereocenters. The summed E-state index contributed by atoms with van der Waals surface area (Å²) in [7, 11) is 1.46. The first-order valence-electron chi connectivity index (χ1n) is 6.90. The maximum absolute atomic E-state index is 12.1. The smallest absolute Gasteiger partial charge is 0.291 e. The van der Waals surface area contributed by atoms with Gasteiger partial charge in [-0.1, -0.05) is 0 Å². The van der Waals surface area contributed by atoms with Gasteiger partial charge in [0.1, 0.15) is 12.4 Å². The largest absolute Gasteiger partial charge is 0.455 e. The number of hydrogen-bond acceptors (Lipinski definition) is 5. The van der Waals surface area contributed by atoms with Gasteiger partial charge in [0.25, 0.3) is 5.91 Å². The molecule has 0 bridgehead atoms. The Bertz CT molecular complexity index is 667. The van der Waals surface area contributed by atoms with Crippen LogP contribution in [0.5, 0.6) is 0 Å². The van der Waals surface area contributed by atoms with Crippen molar-refractivity contribution in [2.45, 2.75) is 5.75 Å². The van der Waals surface area contributed by atoms with Gasteiger partial charge in [-0.15, -0.1) is 0 Å². The van der Waals surface area contributed by atoms with E-state index < -0.39 is 0 Å². The molecule has 0 aliphatic heterocycles. The second-order valence-corrected chi connectivity index (χ2v) is 5.58. The maximum Gasteiger partial charge on any atom is 0.291 e. The van der Waals surface area contributed by atoms with E-state index >= 15 is 0 Å². The number of thioether (sulfide) groups is 1. The van der Waals surface area contributed by atoms with E-state index in [9.17, 15) is 9.59 Å². The molecule has 122 valence electrons. The summed E-state index contributed by atoms with van der Waals surface area (Å²) in [6.45, 7) is -0.00460. The lowest BCUT2D eigenvalue weighted by Crippen LogP contribution is -2.17. The van der Waals surface area contributed by atoms with Crippen molar-refractivity contribution in [3.05, 3.63) is 47.9 Å². The molecule has 1 aromatic heterocycles. The SMILES string of the molecule is COCC(=O)Nc1ccc(NC(=O)c2ccc(CSC)o2)cc1. The molecule has 2 aromatic rings. The Morgan fingerprint density at radius 3 is 2.35 bits per heavy atom. The van der Waals surface area contributed by atoms with Crippen LogP contribution in [0.4, 0.5) is 11.4 Å². The van der Waals surface area contributed by atoms with E-state index in [4.69, 9.17) is 9.15 Å². The van der Waals surface area contributed by atoms with Crippen LogP contribution >= 0.6 is 11.8 Å². The molecule has 2 N–H and O–H groups in total.